The van der Waals surface area contributed by atoms with Gasteiger partial charge in [-0.2, -0.15) is 11.8 Å². The highest BCUT2D eigenvalue weighted by molar-refractivity contribution is 8.00. The number of thiazole rings is 1. The SMILES string of the molecule is CCCNCc1sc(N2CC(C)SC(C)C2)nc1CCC. The van der Waals surface area contributed by atoms with Crippen molar-refractivity contribution in [2.45, 2.75) is 64.0 Å². The van der Waals surface area contributed by atoms with Crippen LogP contribution in [0, 0.1) is 0 Å². The summed E-state index contributed by atoms with van der Waals surface area (Å²) < 4.78 is 0. The first kappa shape index (κ1) is 17.1. The molecule has 0 saturated carbocycles. The molecular formula is C16H29N3S2. The lowest BCUT2D eigenvalue weighted by atomic mass is 10.2. The number of anilines is 1. The van der Waals surface area contributed by atoms with E-state index in [1.807, 2.05) is 11.3 Å². The second-order valence-corrected chi connectivity index (χ2v) is 8.90. The average molecular weight is 328 g/mol. The summed E-state index contributed by atoms with van der Waals surface area (Å²) in [4.78, 5) is 8.91. The number of rotatable bonds is 7. The summed E-state index contributed by atoms with van der Waals surface area (Å²) >= 11 is 4.00. The van der Waals surface area contributed by atoms with E-state index >= 15 is 0 Å². The van der Waals surface area contributed by atoms with Gasteiger partial charge in [0.1, 0.15) is 0 Å². The Hall–Kier alpha value is -0.260. The summed E-state index contributed by atoms with van der Waals surface area (Å²) in [6.45, 7) is 13.5. The summed E-state index contributed by atoms with van der Waals surface area (Å²) in [5.41, 5.74) is 1.32. The van der Waals surface area contributed by atoms with Gasteiger partial charge in [-0.05, 0) is 19.4 Å². The monoisotopic (exact) mass is 327 g/mol. The quantitative estimate of drug-likeness (QED) is 0.768. The summed E-state index contributed by atoms with van der Waals surface area (Å²) in [6, 6.07) is 0. The van der Waals surface area contributed by atoms with Gasteiger partial charge in [-0.15, -0.1) is 11.3 Å². The molecule has 2 rings (SSSR count). The molecule has 0 bridgehead atoms. The molecule has 2 heterocycles. The number of nitrogens with zero attached hydrogens (tertiary/aromatic N) is 2. The Labute approximate surface area is 137 Å². The molecule has 0 amide bonds. The van der Waals surface area contributed by atoms with Crippen LogP contribution in [0.2, 0.25) is 0 Å². The van der Waals surface area contributed by atoms with Crippen LogP contribution in [0.1, 0.15) is 51.1 Å². The van der Waals surface area contributed by atoms with Gasteiger partial charge in [0.05, 0.1) is 5.69 Å². The molecule has 2 atom stereocenters. The van der Waals surface area contributed by atoms with Gasteiger partial charge in [0, 0.05) is 35.0 Å². The molecule has 1 aliphatic heterocycles. The van der Waals surface area contributed by atoms with E-state index in [0.29, 0.717) is 10.5 Å². The van der Waals surface area contributed by atoms with Crippen LogP contribution in [0.4, 0.5) is 5.13 Å². The average Bonchev–Trinajstić information content (AvgIpc) is 2.82. The highest BCUT2D eigenvalue weighted by Crippen LogP contribution is 2.33. The van der Waals surface area contributed by atoms with E-state index in [-0.39, 0.29) is 0 Å². The first-order valence-corrected chi connectivity index (χ1v) is 9.99. The lowest BCUT2D eigenvalue weighted by Crippen LogP contribution is -2.40. The molecule has 21 heavy (non-hydrogen) atoms. The Morgan fingerprint density at radius 1 is 1.19 bits per heavy atom. The predicted octanol–water partition coefficient (Wildman–Crippen LogP) is 3.93. The Kier molecular flexibility index (Phi) is 6.83. The third kappa shape index (κ3) is 4.86. The van der Waals surface area contributed by atoms with Crippen molar-refractivity contribution in [1.82, 2.24) is 10.3 Å². The smallest absolute Gasteiger partial charge is 0.185 e. The number of hydrogen-bond donors (Lipinski definition) is 1. The van der Waals surface area contributed by atoms with E-state index in [1.165, 1.54) is 28.5 Å². The Bertz CT molecular complexity index is 423. The molecule has 1 aliphatic rings. The number of aryl methyl sites for hydroxylation is 1. The highest BCUT2D eigenvalue weighted by Gasteiger charge is 2.25. The van der Waals surface area contributed by atoms with Gasteiger partial charge in [-0.1, -0.05) is 34.1 Å². The number of hydrogen-bond acceptors (Lipinski definition) is 5. The summed E-state index contributed by atoms with van der Waals surface area (Å²) in [5, 5.41) is 6.18. The van der Waals surface area contributed by atoms with Crippen LogP contribution in [0.15, 0.2) is 0 Å². The maximum absolute atomic E-state index is 4.97. The minimum absolute atomic E-state index is 0.703. The van der Waals surface area contributed by atoms with Crippen molar-refractivity contribution in [3.8, 4) is 0 Å². The van der Waals surface area contributed by atoms with E-state index in [4.69, 9.17) is 4.98 Å². The van der Waals surface area contributed by atoms with Crippen LogP contribution in [0.3, 0.4) is 0 Å². The Morgan fingerprint density at radius 3 is 2.52 bits per heavy atom. The van der Waals surface area contributed by atoms with Crippen LogP contribution in [-0.2, 0) is 13.0 Å². The zero-order valence-corrected chi connectivity index (χ0v) is 15.4. The van der Waals surface area contributed by atoms with Crippen molar-refractivity contribution in [1.29, 1.82) is 0 Å². The second kappa shape index (κ2) is 8.39. The van der Waals surface area contributed by atoms with E-state index in [2.05, 4.69) is 49.7 Å². The third-order valence-electron chi connectivity index (χ3n) is 3.66. The molecule has 1 saturated heterocycles. The van der Waals surface area contributed by atoms with Gasteiger partial charge in [-0.3, -0.25) is 0 Å². The molecule has 5 heteroatoms. The van der Waals surface area contributed by atoms with E-state index in [9.17, 15) is 0 Å². The molecule has 1 aromatic rings. The van der Waals surface area contributed by atoms with Gasteiger partial charge in [0.15, 0.2) is 5.13 Å². The topological polar surface area (TPSA) is 28.2 Å². The van der Waals surface area contributed by atoms with Crippen molar-refractivity contribution < 1.29 is 0 Å². The molecule has 0 aromatic carbocycles. The zero-order valence-electron chi connectivity index (χ0n) is 13.8. The molecule has 3 nitrogen and oxygen atoms in total. The van der Waals surface area contributed by atoms with Crippen LogP contribution < -0.4 is 10.2 Å². The van der Waals surface area contributed by atoms with Crippen LogP contribution in [0.5, 0.6) is 0 Å². The molecule has 1 fully saturated rings. The third-order valence-corrected chi connectivity index (χ3v) is 6.04. The van der Waals surface area contributed by atoms with Gasteiger partial charge in [0.25, 0.3) is 0 Å². The van der Waals surface area contributed by atoms with E-state index in [1.54, 1.807) is 0 Å². The molecule has 120 valence electrons. The second-order valence-electron chi connectivity index (χ2n) is 5.96. The maximum atomic E-state index is 4.97. The van der Waals surface area contributed by atoms with Crippen molar-refractivity contribution in [3.05, 3.63) is 10.6 Å². The highest BCUT2D eigenvalue weighted by atomic mass is 32.2. The van der Waals surface area contributed by atoms with Crippen LogP contribution in [-0.4, -0.2) is 35.1 Å². The molecular weight excluding hydrogens is 298 g/mol. The van der Waals surface area contributed by atoms with Crippen molar-refractivity contribution >= 4 is 28.2 Å². The minimum Gasteiger partial charge on any atom is -0.346 e. The zero-order chi connectivity index (χ0) is 15.2. The van der Waals surface area contributed by atoms with Crippen molar-refractivity contribution in [3.63, 3.8) is 0 Å². The predicted molar refractivity (Wildman–Crippen MR) is 96.8 cm³/mol. The van der Waals surface area contributed by atoms with Crippen molar-refractivity contribution in [2.75, 3.05) is 24.5 Å². The van der Waals surface area contributed by atoms with Crippen LogP contribution in [0.25, 0.3) is 0 Å². The van der Waals surface area contributed by atoms with E-state index < -0.39 is 0 Å². The fraction of sp³-hybridized carbons (Fsp3) is 0.812. The van der Waals surface area contributed by atoms with E-state index in [0.717, 1.165) is 32.6 Å². The fourth-order valence-corrected chi connectivity index (χ4v) is 5.21. The lowest BCUT2D eigenvalue weighted by Gasteiger charge is -2.34. The molecule has 2 unspecified atom stereocenters. The Morgan fingerprint density at radius 2 is 1.90 bits per heavy atom. The van der Waals surface area contributed by atoms with Crippen molar-refractivity contribution in [2.24, 2.45) is 0 Å². The fourth-order valence-electron chi connectivity index (χ4n) is 2.79. The van der Waals surface area contributed by atoms with Gasteiger partial charge >= 0.3 is 0 Å². The normalized spacial score (nSPS) is 22.8. The molecule has 1 aromatic heterocycles. The van der Waals surface area contributed by atoms with Gasteiger partial charge in [0.2, 0.25) is 0 Å². The maximum Gasteiger partial charge on any atom is 0.185 e. The Balaban J connectivity index is 2.09. The summed E-state index contributed by atoms with van der Waals surface area (Å²) in [6.07, 6.45) is 3.47. The molecule has 0 radical (unpaired) electrons. The summed E-state index contributed by atoms with van der Waals surface area (Å²) in [7, 11) is 0. The first-order valence-electron chi connectivity index (χ1n) is 8.23. The van der Waals surface area contributed by atoms with Gasteiger partial charge in [-0.25, -0.2) is 4.98 Å². The van der Waals surface area contributed by atoms with Gasteiger partial charge < -0.3 is 10.2 Å². The number of nitrogens with one attached hydrogen (secondary N) is 1. The number of thioether (sulfide) groups is 1. The molecule has 0 spiro atoms. The lowest BCUT2D eigenvalue weighted by molar-refractivity contribution is 0.674. The molecule has 1 N–H and O–H groups in total. The van der Waals surface area contributed by atoms with Crippen LogP contribution >= 0.6 is 23.1 Å². The largest absolute Gasteiger partial charge is 0.346 e. The summed E-state index contributed by atoms with van der Waals surface area (Å²) in [5.74, 6) is 0. The standard InChI is InChI=1S/C16H29N3S2/c1-5-7-14-15(9-17-8-6-2)21-16(18-14)19-10-12(3)20-13(4)11-19/h12-13,17H,5-11H2,1-4H3. The number of aromatic nitrogens is 1. The minimum atomic E-state index is 0.703. The first-order chi connectivity index (χ1) is 10.1. The molecule has 0 aliphatic carbocycles.